The van der Waals surface area contributed by atoms with Crippen LogP contribution in [0.1, 0.15) is 0 Å². The van der Waals surface area contributed by atoms with E-state index in [1.54, 1.807) is 12.4 Å². The summed E-state index contributed by atoms with van der Waals surface area (Å²) in [5.41, 5.74) is 2.77. The fourth-order valence-electron chi connectivity index (χ4n) is 1.62. The lowest BCUT2D eigenvalue weighted by Crippen LogP contribution is -1.80. The van der Waals surface area contributed by atoms with E-state index in [0.29, 0.717) is 0 Å². The molecular weight excluding hydrogens is 186 g/mol. The largest absolute Gasteiger partial charge is 0.345 e. The van der Waals surface area contributed by atoms with Gasteiger partial charge in [-0.1, -0.05) is 6.07 Å². The first-order valence-electron chi connectivity index (χ1n) is 4.70. The summed E-state index contributed by atoms with van der Waals surface area (Å²) < 4.78 is 0. The number of nitrogens with one attached hydrogen (secondary N) is 1. The molecule has 15 heavy (non-hydrogen) atoms. The summed E-state index contributed by atoms with van der Waals surface area (Å²) in [6, 6.07) is 10.8. The maximum Gasteiger partial charge on any atom is 0.137 e. The zero-order valence-corrected chi connectivity index (χ0v) is 7.94. The third-order valence-electron chi connectivity index (χ3n) is 2.31. The third-order valence-corrected chi connectivity index (χ3v) is 2.31. The van der Waals surface area contributed by atoms with Gasteiger partial charge < -0.3 is 4.98 Å². The van der Waals surface area contributed by atoms with Crippen molar-refractivity contribution in [2.45, 2.75) is 0 Å². The maximum atomic E-state index is 4.27. The normalized spacial score (nSPS) is 10.7. The molecule has 3 aromatic heterocycles. The van der Waals surface area contributed by atoms with Crippen LogP contribution in [0.15, 0.2) is 42.9 Å². The molecule has 3 heterocycles. The number of rotatable bonds is 1. The predicted molar refractivity (Wildman–Crippen MR) is 58.2 cm³/mol. The van der Waals surface area contributed by atoms with Crippen molar-refractivity contribution < 1.29 is 0 Å². The second-order valence-electron chi connectivity index (χ2n) is 3.23. The van der Waals surface area contributed by atoms with Gasteiger partial charge in [0.15, 0.2) is 0 Å². The van der Waals surface area contributed by atoms with Gasteiger partial charge in [0, 0.05) is 35.6 Å². The molecule has 0 spiro atoms. The second kappa shape index (κ2) is 3.20. The molecule has 0 saturated carbocycles. The first-order chi connectivity index (χ1) is 7.45. The summed E-state index contributed by atoms with van der Waals surface area (Å²) in [7, 11) is 0. The molecule has 0 bridgehead atoms. The molecule has 1 radical (unpaired) electrons. The van der Waals surface area contributed by atoms with Crippen LogP contribution >= 0.6 is 0 Å². The van der Waals surface area contributed by atoms with E-state index >= 15 is 0 Å². The van der Waals surface area contributed by atoms with Gasteiger partial charge in [-0.25, -0.2) is 4.98 Å². The molecule has 0 aliphatic rings. The van der Waals surface area contributed by atoms with Crippen molar-refractivity contribution >= 4 is 11.0 Å². The van der Waals surface area contributed by atoms with Gasteiger partial charge in [-0.05, 0) is 18.2 Å². The van der Waals surface area contributed by atoms with Gasteiger partial charge in [0.05, 0.1) is 5.69 Å². The van der Waals surface area contributed by atoms with Gasteiger partial charge in [0.2, 0.25) is 0 Å². The molecule has 0 aromatic carbocycles. The predicted octanol–water partition coefficient (Wildman–Crippen LogP) is 2.43. The number of nitrogens with zero attached hydrogens (tertiary/aromatic N) is 2. The van der Waals surface area contributed by atoms with Crippen molar-refractivity contribution in [1.29, 1.82) is 0 Å². The van der Waals surface area contributed by atoms with E-state index in [1.165, 1.54) is 0 Å². The minimum Gasteiger partial charge on any atom is -0.345 e. The van der Waals surface area contributed by atoms with Gasteiger partial charge >= 0.3 is 0 Å². The molecule has 3 heteroatoms. The molecule has 3 aromatic rings. The highest BCUT2D eigenvalue weighted by atomic mass is 14.8. The zero-order chi connectivity index (χ0) is 10.1. The number of fused-ring (bicyclic) bond motifs is 1. The van der Waals surface area contributed by atoms with Crippen LogP contribution in [0.4, 0.5) is 0 Å². The molecule has 0 fully saturated rings. The summed E-state index contributed by atoms with van der Waals surface area (Å²) in [4.78, 5) is 11.6. The quantitative estimate of drug-likeness (QED) is 0.646. The SMILES string of the molecule is [c]1cccnc1-c1c[nH]c2ncccc12. The minimum atomic E-state index is 0.844. The number of hydrogen-bond donors (Lipinski definition) is 1. The molecular formula is C12H8N3. The van der Waals surface area contributed by atoms with E-state index in [2.05, 4.69) is 21.0 Å². The number of H-pyrrole nitrogens is 1. The van der Waals surface area contributed by atoms with Crippen LogP contribution < -0.4 is 0 Å². The van der Waals surface area contributed by atoms with E-state index in [4.69, 9.17) is 0 Å². The second-order valence-corrected chi connectivity index (χ2v) is 3.23. The fraction of sp³-hybridized carbons (Fsp3) is 0. The van der Waals surface area contributed by atoms with Crippen LogP contribution in [0.5, 0.6) is 0 Å². The Morgan fingerprint density at radius 3 is 2.93 bits per heavy atom. The Balaban J connectivity index is 2.28. The number of pyridine rings is 2. The number of aromatic nitrogens is 3. The van der Waals surface area contributed by atoms with E-state index in [-0.39, 0.29) is 0 Å². The molecule has 0 atom stereocenters. The van der Waals surface area contributed by atoms with Gasteiger partial charge in [0.1, 0.15) is 5.65 Å². The van der Waals surface area contributed by atoms with E-state index < -0.39 is 0 Å². The molecule has 0 aliphatic carbocycles. The Kier molecular flexibility index (Phi) is 1.75. The molecule has 0 saturated heterocycles. The van der Waals surface area contributed by atoms with E-state index in [1.807, 2.05) is 30.5 Å². The standard InChI is InChI=1S/C12H8N3/c1-2-6-13-11(5-1)10-8-15-12-9(10)4-3-7-14-12/h1-4,6-8H,(H,14,15). The molecule has 1 N–H and O–H groups in total. The third kappa shape index (κ3) is 1.29. The average molecular weight is 194 g/mol. The Morgan fingerprint density at radius 2 is 2.07 bits per heavy atom. The highest BCUT2D eigenvalue weighted by Gasteiger charge is 2.06. The highest BCUT2D eigenvalue weighted by Crippen LogP contribution is 2.24. The summed E-state index contributed by atoms with van der Waals surface area (Å²) in [6.45, 7) is 0. The molecule has 0 unspecified atom stereocenters. The summed E-state index contributed by atoms with van der Waals surface area (Å²) in [5, 5.41) is 1.08. The van der Waals surface area contributed by atoms with Crippen LogP contribution in [0, 0.1) is 6.07 Å². The number of aromatic amines is 1. The number of hydrogen-bond acceptors (Lipinski definition) is 2. The Hall–Kier alpha value is -2.16. The van der Waals surface area contributed by atoms with E-state index in [0.717, 1.165) is 22.3 Å². The van der Waals surface area contributed by atoms with Crippen LogP contribution in [-0.4, -0.2) is 15.0 Å². The highest BCUT2D eigenvalue weighted by molar-refractivity contribution is 5.92. The fourth-order valence-corrected chi connectivity index (χ4v) is 1.62. The van der Waals surface area contributed by atoms with Gasteiger partial charge in [-0.3, -0.25) is 4.98 Å². The molecule has 3 rings (SSSR count). The van der Waals surface area contributed by atoms with Crippen LogP contribution in [0.2, 0.25) is 0 Å². The topological polar surface area (TPSA) is 41.6 Å². The van der Waals surface area contributed by atoms with Crippen molar-refractivity contribution in [3.8, 4) is 11.3 Å². The molecule has 71 valence electrons. The first-order valence-corrected chi connectivity index (χ1v) is 4.70. The van der Waals surface area contributed by atoms with Gasteiger partial charge in [-0.15, -0.1) is 0 Å². The molecule has 0 amide bonds. The zero-order valence-electron chi connectivity index (χ0n) is 7.94. The van der Waals surface area contributed by atoms with Crippen LogP contribution in [0.25, 0.3) is 22.3 Å². The van der Waals surface area contributed by atoms with Crippen molar-refractivity contribution in [2.75, 3.05) is 0 Å². The van der Waals surface area contributed by atoms with E-state index in [9.17, 15) is 0 Å². The average Bonchev–Trinajstić information content (AvgIpc) is 2.74. The van der Waals surface area contributed by atoms with Crippen molar-refractivity contribution in [1.82, 2.24) is 15.0 Å². The lowest BCUT2D eigenvalue weighted by atomic mass is 10.1. The van der Waals surface area contributed by atoms with Crippen molar-refractivity contribution in [2.24, 2.45) is 0 Å². The Bertz CT molecular complexity index is 584. The Labute approximate surface area is 86.8 Å². The van der Waals surface area contributed by atoms with Gasteiger partial charge in [0.25, 0.3) is 0 Å². The summed E-state index contributed by atoms with van der Waals surface area (Å²) in [5.74, 6) is 0. The van der Waals surface area contributed by atoms with Crippen molar-refractivity contribution in [3.63, 3.8) is 0 Å². The summed E-state index contributed by atoms with van der Waals surface area (Å²) >= 11 is 0. The molecule has 3 nitrogen and oxygen atoms in total. The Morgan fingerprint density at radius 1 is 1.13 bits per heavy atom. The minimum absolute atomic E-state index is 0.844. The first kappa shape index (κ1) is 8.17. The van der Waals surface area contributed by atoms with Crippen molar-refractivity contribution in [3.05, 3.63) is 48.9 Å². The lowest BCUT2D eigenvalue weighted by molar-refractivity contribution is 1.31. The smallest absolute Gasteiger partial charge is 0.137 e. The lowest BCUT2D eigenvalue weighted by Gasteiger charge is -1.95. The van der Waals surface area contributed by atoms with Crippen LogP contribution in [0.3, 0.4) is 0 Å². The maximum absolute atomic E-state index is 4.27. The molecule has 0 aliphatic heterocycles. The monoisotopic (exact) mass is 194 g/mol. The summed E-state index contributed by atoms with van der Waals surface area (Å²) in [6.07, 6.45) is 5.45. The van der Waals surface area contributed by atoms with Gasteiger partial charge in [-0.2, -0.15) is 0 Å². The van der Waals surface area contributed by atoms with Crippen LogP contribution in [-0.2, 0) is 0 Å².